The third kappa shape index (κ3) is 2.72. The molecule has 0 radical (unpaired) electrons. The SMILES string of the molecule is Cc1nc(F)c(-c2cccc(F)c2)cc1-c1cccc(F)c1. The van der Waals surface area contributed by atoms with E-state index >= 15 is 0 Å². The Balaban J connectivity index is 2.19. The summed E-state index contributed by atoms with van der Waals surface area (Å²) in [6, 6.07) is 13.2. The maximum atomic E-state index is 14.1. The molecule has 3 aromatic rings. The van der Waals surface area contributed by atoms with Crippen molar-refractivity contribution in [3.63, 3.8) is 0 Å². The summed E-state index contributed by atoms with van der Waals surface area (Å²) in [6.45, 7) is 1.65. The Morgan fingerprint density at radius 2 is 1.27 bits per heavy atom. The number of rotatable bonds is 2. The van der Waals surface area contributed by atoms with Crippen molar-refractivity contribution in [1.29, 1.82) is 0 Å². The lowest BCUT2D eigenvalue weighted by Gasteiger charge is -2.10. The van der Waals surface area contributed by atoms with Gasteiger partial charge >= 0.3 is 0 Å². The Bertz CT molecular complexity index is 777. The van der Waals surface area contributed by atoms with E-state index in [0.717, 1.165) is 0 Å². The van der Waals surface area contributed by atoms with Gasteiger partial charge in [0.25, 0.3) is 0 Å². The van der Waals surface area contributed by atoms with Crippen LogP contribution in [0, 0.1) is 24.5 Å². The van der Waals surface area contributed by atoms with Gasteiger partial charge in [-0.25, -0.2) is 13.8 Å². The minimum Gasteiger partial charge on any atom is -0.224 e. The summed E-state index contributed by atoms with van der Waals surface area (Å²) in [5.41, 5.74) is 2.23. The molecule has 0 N–H and O–H groups in total. The van der Waals surface area contributed by atoms with Crippen LogP contribution in [0.2, 0.25) is 0 Å². The van der Waals surface area contributed by atoms with Crippen LogP contribution in [0.15, 0.2) is 54.6 Å². The molecular weight excluding hydrogens is 287 g/mol. The summed E-state index contributed by atoms with van der Waals surface area (Å²) >= 11 is 0. The predicted octanol–water partition coefficient (Wildman–Crippen LogP) is 5.14. The van der Waals surface area contributed by atoms with Crippen molar-refractivity contribution >= 4 is 0 Å². The second kappa shape index (κ2) is 5.64. The normalized spacial score (nSPS) is 10.7. The van der Waals surface area contributed by atoms with Crippen LogP contribution in [0.25, 0.3) is 22.3 Å². The first-order valence-electron chi connectivity index (χ1n) is 6.73. The van der Waals surface area contributed by atoms with Crippen LogP contribution < -0.4 is 0 Å². The third-order valence-electron chi connectivity index (χ3n) is 3.44. The molecular formula is C18H12F3N. The van der Waals surface area contributed by atoms with Gasteiger partial charge in [0.15, 0.2) is 0 Å². The molecule has 1 aromatic heterocycles. The lowest BCUT2D eigenvalue weighted by atomic mass is 9.99. The van der Waals surface area contributed by atoms with Crippen molar-refractivity contribution in [2.24, 2.45) is 0 Å². The molecule has 4 heteroatoms. The lowest BCUT2D eigenvalue weighted by molar-refractivity contribution is 0.584. The second-order valence-electron chi connectivity index (χ2n) is 4.98. The van der Waals surface area contributed by atoms with E-state index in [1.165, 1.54) is 30.3 Å². The zero-order valence-corrected chi connectivity index (χ0v) is 11.8. The Hall–Kier alpha value is -2.62. The summed E-state index contributed by atoms with van der Waals surface area (Å²) in [7, 11) is 0. The van der Waals surface area contributed by atoms with Crippen molar-refractivity contribution in [2.45, 2.75) is 6.92 Å². The number of hydrogen-bond acceptors (Lipinski definition) is 1. The van der Waals surface area contributed by atoms with Crippen LogP contribution in [0.3, 0.4) is 0 Å². The molecule has 2 aromatic carbocycles. The van der Waals surface area contributed by atoms with Gasteiger partial charge in [-0.2, -0.15) is 4.39 Å². The molecule has 1 heterocycles. The average Bonchev–Trinajstić information content (AvgIpc) is 2.47. The topological polar surface area (TPSA) is 12.9 Å². The van der Waals surface area contributed by atoms with Crippen LogP contribution in [-0.4, -0.2) is 4.98 Å². The van der Waals surface area contributed by atoms with E-state index in [1.807, 2.05) is 0 Å². The van der Waals surface area contributed by atoms with Gasteiger partial charge < -0.3 is 0 Å². The zero-order valence-electron chi connectivity index (χ0n) is 11.8. The molecule has 0 bridgehead atoms. The van der Waals surface area contributed by atoms with Crippen LogP contribution in [0.5, 0.6) is 0 Å². The summed E-state index contributed by atoms with van der Waals surface area (Å²) < 4.78 is 40.9. The van der Waals surface area contributed by atoms with Gasteiger partial charge in [0.2, 0.25) is 5.95 Å². The Labute approximate surface area is 126 Å². The molecule has 0 aliphatic heterocycles. The lowest BCUT2D eigenvalue weighted by Crippen LogP contribution is -1.96. The maximum Gasteiger partial charge on any atom is 0.221 e. The van der Waals surface area contributed by atoms with Crippen molar-refractivity contribution < 1.29 is 13.2 Å². The first-order chi connectivity index (χ1) is 10.5. The van der Waals surface area contributed by atoms with Crippen LogP contribution >= 0.6 is 0 Å². The summed E-state index contributed by atoms with van der Waals surface area (Å²) in [5, 5.41) is 0. The minimum absolute atomic E-state index is 0.185. The Kier molecular flexibility index (Phi) is 3.67. The molecule has 0 saturated heterocycles. The fourth-order valence-electron chi connectivity index (χ4n) is 2.38. The molecule has 0 amide bonds. The summed E-state index contributed by atoms with van der Waals surface area (Å²) in [6.07, 6.45) is 0. The van der Waals surface area contributed by atoms with E-state index in [0.29, 0.717) is 22.4 Å². The minimum atomic E-state index is -0.678. The van der Waals surface area contributed by atoms with Gasteiger partial charge in [-0.05, 0) is 48.4 Å². The van der Waals surface area contributed by atoms with Gasteiger partial charge in [-0.1, -0.05) is 24.3 Å². The van der Waals surface area contributed by atoms with E-state index < -0.39 is 11.8 Å². The van der Waals surface area contributed by atoms with Crippen LogP contribution in [0.4, 0.5) is 13.2 Å². The molecule has 110 valence electrons. The predicted molar refractivity (Wildman–Crippen MR) is 79.7 cm³/mol. The van der Waals surface area contributed by atoms with Crippen molar-refractivity contribution in [3.8, 4) is 22.3 Å². The van der Waals surface area contributed by atoms with Crippen molar-refractivity contribution in [1.82, 2.24) is 4.98 Å². The van der Waals surface area contributed by atoms with E-state index in [1.54, 1.807) is 31.2 Å². The van der Waals surface area contributed by atoms with Crippen molar-refractivity contribution in [3.05, 3.63) is 77.9 Å². The highest BCUT2D eigenvalue weighted by molar-refractivity contribution is 5.74. The van der Waals surface area contributed by atoms with Gasteiger partial charge in [-0.3, -0.25) is 0 Å². The second-order valence-corrected chi connectivity index (χ2v) is 4.98. The number of hydrogen-bond donors (Lipinski definition) is 0. The average molecular weight is 299 g/mol. The first-order valence-corrected chi connectivity index (χ1v) is 6.73. The summed E-state index contributed by atoms with van der Waals surface area (Å²) in [4.78, 5) is 3.87. The number of aryl methyl sites for hydroxylation is 1. The molecule has 0 aliphatic rings. The van der Waals surface area contributed by atoms with E-state index in [4.69, 9.17) is 0 Å². The summed E-state index contributed by atoms with van der Waals surface area (Å²) in [5.74, 6) is -1.51. The van der Waals surface area contributed by atoms with E-state index in [-0.39, 0.29) is 11.4 Å². The first kappa shape index (κ1) is 14.3. The van der Waals surface area contributed by atoms with Crippen LogP contribution in [-0.2, 0) is 0 Å². The van der Waals surface area contributed by atoms with Gasteiger partial charge in [0.1, 0.15) is 11.6 Å². The van der Waals surface area contributed by atoms with Crippen molar-refractivity contribution in [2.75, 3.05) is 0 Å². The van der Waals surface area contributed by atoms with E-state index in [9.17, 15) is 13.2 Å². The third-order valence-corrected chi connectivity index (χ3v) is 3.44. The molecule has 22 heavy (non-hydrogen) atoms. The number of benzene rings is 2. The molecule has 0 fully saturated rings. The highest BCUT2D eigenvalue weighted by Crippen LogP contribution is 2.30. The number of pyridine rings is 1. The molecule has 3 rings (SSSR count). The van der Waals surface area contributed by atoms with Crippen LogP contribution in [0.1, 0.15) is 5.69 Å². The molecule has 0 spiro atoms. The van der Waals surface area contributed by atoms with E-state index in [2.05, 4.69) is 4.98 Å². The Morgan fingerprint density at radius 1 is 0.727 bits per heavy atom. The fraction of sp³-hybridized carbons (Fsp3) is 0.0556. The molecule has 0 unspecified atom stereocenters. The highest BCUT2D eigenvalue weighted by atomic mass is 19.1. The standard InChI is InChI=1S/C18H12F3N/c1-11-16(12-4-2-6-14(19)8-12)10-17(18(21)22-11)13-5-3-7-15(20)9-13/h2-10H,1H3. The quantitative estimate of drug-likeness (QED) is 0.597. The molecule has 0 saturated carbocycles. The highest BCUT2D eigenvalue weighted by Gasteiger charge is 2.13. The molecule has 1 nitrogen and oxygen atoms in total. The smallest absolute Gasteiger partial charge is 0.221 e. The fourth-order valence-corrected chi connectivity index (χ4v) is 2.38. The molecule has 0 atom stereocenters. The van der Waals surface area contributed by atoms with Gasteiger partial charge in [0.05, 0.1) is 0 Å². The van der Waals surface area contributed by atoms with Gasteiger partial charge in [0, 0.05) is 16.8 Å². The number of nitrogens with zero attached hydrogens (tertiary/aromatic N) is 1. The maximum absolute atomic E-state index is 14.1. The van der Waals surface area contributed by atoms with Gasteiger partial charge in [-0.15, -0.1) is 0 Å². The molecule has 0 aliphatic carbocycles. The Morgan fingerprint density at radius 3 is 1.82 bits per heavy atom. The monoisotopic (exact) mass is 299 g/mol. The largest absolute Gasteiger partial charge is 0.224 e. The zero-order chi connectivity index (χ0) is 15.7. The number of aromatic nitrogens is 1. The number of halogens is 3.